The molecule has 0 bridgehead atoms. The molecule has 0 N–H and O–H groups in total. The lowest BCUT2D eigenvalue weighted by molar-refractivity contribution is -0.180. The first-order chi connectivity index (χ1) is 10.2. The monoisotopic (exact) mass is 342 g/mol. The molecule has 120 valence electrons. The van der Waals surface area contributed by atoms with Gasteiger partial charge in [0.1, 0.15) is 0 Å². The van der Waals surface area contributed by atoms with Crippen LogP contribution in [0.3, 0.4) is 0 Å². The summed E-state index contributed by atoms with van der Waals surface area (Å²) in [6.45, 7) is 3.33. The Bertz CT molecular complexity index is 574. The zero-order valence-electron chi connectivity index (χ0n) is 12.4. The van der Waals surface area contributed by atoms with E-state index in [1.165, 1.54) is 5.56 Å². The number of aryl methyl sites for hydroxylation is 1. The van der Waals surface area contributed by atoms with Crippen molar-refractivity contribution in [3.8, 4) is 0 Å². The van der Waals surface area contributed by atoms with Crippen molar-refractivity contribution in [1.82, 2.24) is 9.55 Å². The summed E-state index contributed by atoms with van der Waals surface area (Å²) in [4.78, 5) is 4.08. The van der Waals surface area contributed by atoms with E-state index in [1.54, 1.807) is 12.5 Å². The molecule has 1 fully saturated rings. The fourth-order valence-corrected chi connectivity index (χ4v) is 2.77. The van der Waals surface area contributed by atoms with Crippen LogP contribution in [0.5, 0.6) is 0 Å². The molecule has 1 aliphatic rings. The van der Waals surface area contributed by atoms with Crippen molar-refractivity contribution in [2.75, 3.05) is 6.61 Å². The third kappa shape index (κ3) is 4.23. The maximum absolute atomic E-state index is 6.07. The third-order valence-electron chi connectivity index (χ3n) is 3.69. The molecular formula is C16H20Cl2N2O2. The predicted octanol–water partition coefficient (Wildman–Crippen LogP) is 3.72. The van der Waals surface area contributed by atoms with Crippen LogP contribution in [0.1, 0.15) is 18.9 Å². The first kappa shape index (κ1) is 17.3. The van der Waals surface area contributed by atoms with E-state index in [0.29, 0.717) is 13.2 Å². The van der Waals surface area contributed by atoms with Gasteiger partial charge in [-0.1, -0.05) is 23.7 Å². The first-order valence-corrected chi connectivity index (χ1v) is 7.55. The van der Waals surface area contributed by atoms with Crippen molar-refractivity contribution in [3.05, 3.63) is 53.6 Å². The molecule has 1 aromatic heterocycles. The summed E-state index contributed by atoms with van der Waals surface area (Å²) in [5, 5.41) is 0.758. The van der Waals surface area contributed by atoms with Gasteiger partial charge in [-0.2, -0.15) is 0 Å². The topological polar surface area (TPSA) is 36.3 Å². The minimum atomic E-state index is -0.570. The Morgan fingerprint density at radius 1 is 1.36 bits per heavy atom. The maximum atomic E-state index is 6.07. The molecule has 2 aromatic rings. The Balaban J connectivity index is 0.00000176. The number of aromatic nitrogens is 2. The zero-order chi connectivity index (χ0) is 14.7. The van der Waals surface area contributed by atoms with Gasteiger partial charge in [0.05, 0.1) is 25.6 Å². The SMILES string of the molecule is C[C@@H]1CO[C@@](CCc2ccc(Cl)cc2)(Cn2ccnc2)O1.Cl. The van der Waals surface area contributed by atoms with E-state index in [0.717, 1.165) is 17.9 Å². The Labute approximate surface area is 141 Å². The number of imidazole rings is 1. The van der Waals surface area contributed by atoms with Crippen LogP contribution < -0.4 is 0 Å². The fourth-order valence-electron chi connectivity index (χ4n) is 2.64. The van der Waals surface area contributed by atoms with Gasteiger partial charge >= 0.3 is 0 Å². The molecule has 22 heavy (non-hydrogen) atoms. The van der Waals surface area contributed by atoms with Crippen LogP contribution in [0.2, 0.25) is 5.02 Å². The summed E-state index contributed by atoms with van der Waals surface area (Å²) in [6, 6.07) is 7.92. The van der Waals surface area contributed by atoms with Gasteiger partial charge in [-0.25, -0.2) is 4.98 Å². The molecule has 0 spiro atoms. The second-order valence-electron chi connectivity index (χ2n) is 5.51. The number of nitrogens with zero attached hydrogens (tertiary/aromatic N) is 2. The van der Waals surface area contributed by atoms with Crippen molar-refractivity contribution >= 4 is 24.0 Å². The van der Waals surface area contributed by atoms with E-state index in [1.807, 2.05) is 42.0 Å². The maximum Gasteiger partial charge on any atom is 0.187 e. The Hall–Kier alpha value is -1.07. The quantitative estimate of drug-likeness (QED) is 0.830. The largest absolute Gasteiger partial charge is 0.345 e. The van der Waals surface area contributed by atoms with E-state index in [4.69, 9.17) is 21.1 Å². The van der Waals surface area contributed by atoms with Crippen molar-refractivity contribution in [3.63, 3.8) is 0 Å². The summed E-state index contributed by atoms with van der Waals surface area (Å²) in [7, 11) is 0. The van der Waals surface area contributed by atoms with Gasteiger partial charge in [0.25, 0.3) is 0 Å². The molecule has 1 saturated heterocycles. The summed E-state index contributed by atoms with van der Waals surface area (Å²) >= 11 is 5.92. The molecule has 0 unspecified atom stereocenters. The highest BCUT2D eigenvalue weighted by Crippen LogP contribution is 2.30. The van der Waals surface area contributed by atoms with Gasteiger partial charge in [0, 0.05) is 23.8 Å². The van der Waals surface area contributed by atoms with Crippen molar-refractivity contribution in [1.29, 1.82) is 0 Å². The highest BCUT2D eigenvalue weighted by atomic mass is 35.5. The normalized spacial score (nSPS) is 24.2. The molecule has 1 aromatic carbocycles. The van der Waals surface area contributed by atoms with Crippen molar-refractivity contribution in [2.24, 2.45) is 0 Å². The van der Waals surface area contributed by atoms with Crippen LogP contribution in [-0.4, -0.2) is 28.0 Å². The highest BCUT2D eigenvalue weighted by molar-refractivity contribution is 6.30. The summed E-state index contributed by atoms with van der Waals surface area (Å²) in [5.74, 6) is -0.570. The summed E-state index contributed by atoms with van der Waals surface area (Å²) in [5.41, 5.74) is 1.23. The van der Waals surface area contributed by atoms with Crippen LogP contribution in [0, 0.1) is 0 Å². The van der Waals surface area contributed by atoms with Crippen LogP contribution in [0.4, 0.5) is 0 Å². The molecule has 0 saturated carbocycles. The average Bonchev–Trinajstić information content (AvgIpc) is 3.09. The number of halogens is 2. The lowest BCUT2D eigenvalue weighted by Crippen LogP contribution is -2.36. The van der Waals surface area contributed by atoms with Crippen molar-refractivity contribution in [2.45, 2.75) is 38.2 Å². The second-order valence-corrected chi connectivity index (χ2v) is 5.95. The van der Waals surface area contributed by atoms with Crippen LogP contribution in [0.15, 0.2) is 43.0 Å². The second kappa shape index (κ2) is 7.47. The molecule has 6 heteroatoms. The molecule has 1 aliphatic heterocycles. The molecule has 0 radical (unpaired) electrons. The molecule has 2 heterocycles. The van der Waals surface area contributed by atoms with Gasteiger partial charge in [-0.3, -0.25) is 0 Å². The van der Waals surface area contributed by atoms with Gasteiger partial charge < -0.3 is 14.0 Å². The van der Waals surface area contributed by atoms with E-state index < -0.39 is 5.79 Å². The highest BCUT2D eigenvalue weighted by Gasteiger charge is 2.39. The molecule has 3 rings (SSSR count). The summed E-state index contributed by atoms with van der Waals surface area (Å²) < 4.78 is 14.0. The molecule has 2 atom stereocenters. The number of benzene rings is 1. The Morgan fingerprint density at radius 3 is 2.73 bits per heavy atom. The standard InChI is InChI=1S/C16H19ClN2O2.ClH/c1-13-10-20-16(21-13,11-19-9-8-18-12-19)7-6-14-2-4-15(17)5-3-14;/h2-5,8-9,12-13H,6-7,10-11H2,1H3;1H/t13-,16-;/m1./s1. The fraction of sp³-hybridized carbons (Fsp3) is 0.438. The van der Waals surface area contributed by atoms with E-state index in [9.17, 15) is 0 Å². The molecule has 0 aliphatic carbocycles. The number of ether oxygens (including phenoxy) is 2. The smallest absolute Gasteiger partial charge is 0.187 e. The zero-order valence-corrected chi connectivity index (χ0v) is 14.0. The Kier molecular flexibility index (Phi) is 5.87. The van der Waals surface area contributed by atoms with Gasteiger partial charge in [-0.15, -0.1) is 12.4 Å². The number of hydrogen-bond acceptors (Lipinski definition) is 3. The van der Waals surface area contributed by atoms with Crippen LogP contribution in [-0.2, 0) is 22.4 Å². The summed E-state index contributed by atoms with van der Waals surface area (Å²) in [6.07, 6.45) is 7.30. The van der Waals surface area contributed by atoms with Gasteiger partial charge in [0.2, 0.25) is 0 Å². The van der Waals surface area contributed by atoms with Gasteiger partial charge in [0.15, 0.2) is 5.79 Å². The Morgan fingerprint density at radius 2 is 2.14 bits per heavy atom. The number of rotatable bonds is 5. The number of hydrogen-bond donors (Lipinski definition) is 0. The molecule has 0 amide bonds. The van der Waals surface area contributed by atoms with E-state index >= 15 is 0 Å². The third-order valence-corrected chi connectivity index (χ3v) is 3.94. The lowest BCUT2D eigenvalue weighted by Gasteiger charge is -2.28. The van der Waals surface area contributed by atoms with E-state index in [2.05, 4.69) is 4.98 Å². The molecule has 4 nitrogen and oxygen atoms in total. The molecular weight excluding hydrogens is 323 g/mol. The van der Waals surface area contributed by atoms with Crippen molar-refractivity contribution < 1.29 is 9.47 Å². The minimum absolute atomic E-state index is 0. The van der Waals surface area contributed by atoms with Gasteiger partial charge in [-0.05, 0) is 31.0 Å². The lowest BCUT2D eigenvalue weighted by atomic mass is 10.0. The first-order valence-electron chi connectivity index (χ1n) is 7.17. The minimum Gasteiger partial charge on any atom is -0.345 e. The predicted molar refractivity (Wildman–Crippen MR) is 88.5 cm³/mol. The van der Waals surface area contributed by atoms with E-state index in [-0.39, 0.29) is 18.5 Å². The van der Waals surface area contributed by atoms with Crippen LogP contribution in [0.25, 0.3) is 0 Å². The van der Waals surface area contributed by atoms with Crippen LogP contribution >= 0.6 is 24.0 Å². The average molecular weight is 343 g/mol.